The molecule has 0 aliphatic carbocycles. The predicted octanol–water partition coefficient (Wildman–Crippen LogP) is 4.04. The summed E-state index contributed by atoms with van der Waals surface area (Å²) in [5, 5.41) is 2.64. The number of anilines is 1. The van der Waals surface area contributed by atoms with Crippen LogP contribution in [0.2, 0.25) is 0 Å². The quantitative estimate of drug-likeness (QED) is 0.530. The van der Waals surface area contributed by atoms with Crippen molar-refractivity contribution in [2.45, 2.75) is 26.8 Å². The third-order valence-corrected chi connectivity index (χ3v) is 5.60. The molecule has 146 valence electrons. The van der Waals surface area contributed by atoms with Gasteiger partial charge in [-0.15, -0.1) is 0 Å². The average Bonchev–Trinajstić information content (AvgIpc) is 3.35. The molecule has 0 bridgehead atoms. The van der Waals surface area contributed by atoms with Crippen molar-refractivity contribution >= 4 is 22.3 Å². The van der Waals surface area contributed by atoms with Crippen molar-refractivity contribution in [1.82, 2.24) is 14.5 Å². The number of aryl methyl sites for hydroxylation is 1. The minimum absolute atomic E-state index is 0.819. The highest BCUT2D eigenvalue weighted by Crippen LogP contribution is 2.37. The molecule has 2 aromatic carbocycles. The monoisotopic (exact) mass is 375 g/mol. The number of likely N-dealkylation sites (N-methyl/N-ethyl adjacent to an activating group) is 1. The highest BCUT2D eigenvalue weighted by atomic mass is 15.2. The second-order valence-corrected chi connectivity index (χ2v) is 7.22. The number of imidazole rings is 1. The molecule has 5 nitrogen and oxygen atoms in total. The Morgan fingerprint density at radius 3 is 2.61 bits per heavy atom. The lowest BCUT2D eigenvalue weighted by atomic mass is 10.1. The molecule has 3 aromatic rings. The number of nitrogens with zero attached hydrogens (tertiary/aromatic N) is 5. The van der Waals surface area contributed by atoms with E-state index in [9.17, 15) is 0 Å². The van der Waals surface area contributed by atoms with Crippen LogP contribution in [0.15, 0.2) is 60.1 Å². The molecule has 0 saturated heterocycles. The number of hydrogen-bond donors (Lipinski definition) is 0. The Morgan fingerprint density at radius 1 is 1.04 bits per heavy atom. The fraction of sp³-hybridized carbons (Fsp3) is 0.391. The SMILES string of the molecule is CCN(CC)CCN1/C(=N\CCCn2ccnc2)c2cccc3cccc1c23. The first-order valence-corrected chi connectivity index (χ1v) is 10.3. The van der Waals surface area contributed by atoms with Crippen LogP contribution < -0.4 is 4.90 Å². The van der Waals surface area contributed by atoms with Gasteiger partial charge in [-0.1, -0.05) is 44.2 Å². The molecule has 0 radical (unpaired) electrons. The van der Waals surface area contributed by atoms with Crippen LogP contribution in [0.25, 0.3) is 10.8 Å². The fourth-order valence-electron chi connectivity index (χ4n) is 4.03. The molecule has 0 N–H and O–H groups in total. The number of benzene rings is 2. The normalized spacial score (nSPS) is 14.7. The van der Waals surface area contributed by atoms with Crippen LogP contribution in [0.4, 0.5) is 5.69 Å². The molecule has 4 rings (SSSR count). The number of hydrogen-bond acceptors (Lipinski definition) is 3. The summed E-state index contributed by atoms with van der Waals surface area (Å²) in [6.45, 7) is 10.4. The Bertz CT molecular complexity index is 936. The standard InChI is InChI=1S/C23H29N5/c1-3-26(4-2)16-17-28-21-11-6-9-19-8-5-10-20(22(19)21)23(28)25-12-7-14-27-15-13-24-18-27/h5-6,8-11,13,15,18H,3-4,7,12,14,16-17H2,1-2H3/b25-23-. The maximum absolute atomic E-state index is 5.06. The summed E-state index contributed by atoms with van der Waals surface area (Å²) >= 11 is 0. The van der Waals surface area contributed by atoms with Gasteiger partial charge < -0.3 is 14.4 Å². The van der Waals surface area contributed by atoms with Crippen LogP contribution in [0.3, 0.4) is 0 Å². The van der Waals surface area contributed by atoms with Crippen LogP contribution in [0, 0.1) is 0 Å². The van der Waals surface area contributed by atoms with E-state index in [0.29, 0.717) is 0 Å². The van der Waals surface area contributed by atoms with Gasteiger partial charge in [0.2, 0.25) is 0 Å². The summed E-state index contributed by atoms with van der Waals surface area (Å²) < 4.78 is 2.11. The Morgan fingerprint density at radius 2 is 1.86 bits per heavy atom. The summed E-state index contributed by atoms with van der Waals surface area (Å²) in [7, 11) is 0. The van der Waals surface area contributed by atoms with Crippen molar-refractivity contribution in [2.24, 2.45) is 4.99 Å². The number of aromatic nitrogens is 2. The molecular formula is C23H29N5. The zero-order valence-electron chi connectivity index (χ0n) is 16.9. The molecule has 0 unspecified atom stereocenters. The van der Waals surface area contributed by atoms with Crippen LogP contribution in [0.5, 0.6) is 0 Å². The first-order valence-electron chi connectivity index (χ1n) is 10.3. The van der Waals surface area contributed by atoms with E-state index >= 15 is 0 Å². The van der Waals surface area contributed by atoms with Gasteiger partial charge in [0.25, 0.3) is 0 Å². The Hall–Kier alpha value is -2.66. The number of aliphatic imine (C=N–C) groups is 1. The molecule has 0 saturated carbocycles. The maximum Gasteiger partial charge on any atom is 0.136 e. The third kappa shape index (κ3) is 3.67. The van der Waals surface area contributed by atoms with Crippen LogP contribution in [-0.2, 0) is 6.54 Å². The Kier molecular flexibility index (Phi) is 5.72. The second-order valence-electron chi connectivity index (χ2n) is 7.22. The van der Waals surface area contributed by atoms with Crippen molar-refractivity contribution in [2.75, 3.05) is 37.6 Å². The van der Waals surface area contributed by atoms with E-state index in [-0.39, 0.29) is 0 Å². The van der Waals surface area contributed by atoms with Gasteiger partial charge in [0, 0.05) is 49.5 Å². The topological polar surface area (TPSA) is 36.7 Å². The van der Waals surface area contributed by atoms with E-state index < -0.39 is 0 Å². The van der Waals surface area contributed by atoms with Gasteiger partial charge in [-0.2, -0.15) is 0 Å². The maximum atomic E-state index is 5.06. The molecule has 0 amide bonds. The molecule has 1 aliphatic rings. The van der Waals surface area contributed by atoms with Gasteiger partial charge in [0.1, 0.15) is 5.84 Å². The molecule has 2 heterocycles. The fourth-order valence-corrected chi connectivity index (χ4v) is 4.03. The lowest BCUT2D eigenvalue weighted by Crippen LogP contribution is -2.37. The van der Waals surface area contributed by atoms with E-state index in [1.807, 2.05) is 18.7 Å². The van der Waals surface area contributed by atoms with Crippen LogP contribution in [0.1, 0.15) is 25.8 Å². The van der Waals surface area contributed by atoms with Crippen molar-refractivity contribution in [3.63, 3.8) is 0 Å². The van der Waals surface area contributed by atoms with Crippen molar-refractivity contribution in [3.05, 3.63) is 60.7 Å². The third-order valence-electron chi connectivity index (χ3n) is 5.60. The molecule has 1 aliphatic heterocycles. The summed E-state index contributed by atoms with van der Waals surface area (Å²) in [5.41, 5.74) is 2.57. The highest BCUT2D eigenvalue weighted by molar-refractivity contribution is 6.27. The van der Waals surface area contributed by atoms with Crippen molar-refractivity contribution < 1.29 is 0 Å². The van der Waals surface area contributed by atoms with E-state index in [2.05, 4.69) is 69.6 Å². The molecule has 28 heavy (non-hydrogen) atoms. The lowest BCUT2D eigenvalue weighted by Gasteiger charge is -2.25. The Balaban J connectivity index is 1.58. The summed E-state index contributed by atoms with van der Waals surface area (Å²) in [6, 6.07) is 13.2. The van der Waals surface area contributed by atoms with Crippen LogP contribution >= 0.6 is 0 Å². The van der Waals surface area contributed by atoms with Gasteiger partial charge in [-0.3, -0.25) is 4.99 Å². The largest absolute Gasteiger partial charge is 0.337 e. The van der Waals surface area contributed by atoms with Crippen molar-refractivity contribution in [3.8, 4) is 0 Å². The average molecular weight is 376 g/mol. The minimum atomic E-state index is 0.819. The zero-order chi connectivity index (χ0) is 19.3. The van der Waals surface area contributed by atoms with Gasteiger partial charge in [-0.25, -0.2) is 4.98 Å². The highest BCUT2D eigenvalue weighted by Gasteiger charge is 2.27. The second kappa shape index (κ2) is 8.57. The molecule has 1 aromatic heterocycles. The number of rotatable bonds is 9. The lowest BCUT2D eigenvalue weighted by molar-refractivity contribution is 0.313. The van der Waals surface area contributed by atoms with Gasteiger partial charge in [0.05, 0.1) is 12.0 Å². The van der Waals surface area contributed by atoms with E-state index in [0.717, 1.165) is 51.5 Å². The zero-order valence-corrected chi connectivity index (χ0v) is 16.9. The summed E-state index contributed by atoms with van der Waals surface area (Å²) in [5.74, 6) is 1.13. The minimum Gasteiger partial charge on any atom is -0.337 e. The summed E-state index contributed by atoms with van der Waals surface area (Å²) in [4.78, 5) is 14.1. The number of amidine groups is 1. The van der Waals surface area contributed by atoms with Gasteiger partial charge in [0.15, 0.2) is 0 Å². The van der Waals surface area contributed by atoms with E-state index in [1.165, 1.54) is 22.0 Å². The van der Waals surface area contributed by atoms with Gasteiger partial charge in [-0.05, 0) is 31.0 Å². The summed E-state index contributed by atoms with van der Waals surface area (Å²) in [6.07, 6.45) is 6.72. The van der Waals surface area contributed by atoms with E-state index in [4.69, 9.17) is 4.99 Å². The first kappa shape index (κ1) is 18.7. The van der Waals surface area contributed by atoms with Gasteiger partial charge >= 0.3 is 0 Å². The van der Waals surface area contributed by atoms with E-state index in [1.54, 1.807) is 0 Å². The predicted molar refractivity (Wildman–Crippen MR) is 117 cm³/mol. The van der Waals surface area contributed by atoms with Crippen LogP contribution in [-0.4, -0.2) is 53.0 Å². The molecular weight excluding hydrogens is 346 g/mol. The molecule has 0 spiro atoms. The Labute approximate surface area is 167 Å². The molecule has 0 atom stereocenters. The molecule has 0 fully saturated rings. The van der Waals surface area contributed by atoms with Crippen molar-refractivity contribution in [1.29, 1.82) is 0 Å². The first-order chi connectivity index (χ1) is 13.8. The molecule has 5 heteroatoms. The smallest absolute Gasteiger partial charge is 0.136 e.